The Morgan fingerprint density at radius 2 is 2.03 bits per heavy atom. The number of carbonyl (C=O) groups is 1. The summed E-state index contributed by atoms with van der Waals surface area (Å²) in [6, 6.07) is 5.37. The summed E-state index contributed by atoms with van der Waals surface area (Å²) in [6.45, 7) is 2.47. The van der Waals surface area contributed by atoms with E-state index in [1.807, 2.05) is 4.90 Å². The number of thiazole rings is 1. The number of likely N-dealkylation sites (tertiary alicyclic amines) is 1. The largest absolute Gasteiger partial charge is 0.619 e. The Kier molecular flexibility index (Phi) is 5.28. The van der Waals surface area contributed by atoms with E-state index in [4.69, 9.17) is 0 Å². The van der Waals surface area contributed by atoms with Crippen LogP contribution in [0.1, 0.15) is 24.8 Å². The third kappa shape index (κ3) is 4.27. The van der Waals surface area contributed by atoms with E-state index in [1.54, 1.807) is 19.1 Å². The van der Waals surface area contributed by atoms with Crippen LogP contribution >= 0.6 is 11.3 Å². The summed E-state index contributed by atoms with van der Waals surface area (Å²) in [4.78, 5) is 19.0. The van der Waals surface area contributed by atoms with Crippen LogP contribution in [0.2, 0.25) is 0 Å². The molecule has 8 nitrogen and oxygen atoms in total. The minimum atomic E-state index is -3.71. The maximum Gasteiger partial charge on any atom is 0.586 e. The highest BCUT2D eigenvalue weighted by Crippen LogP contribution is 2.44. The fourth-order valence-corrected chi connectivity index (χ4v) is 4.97. The lowest BCUT2D eigenvalue weighted by Gasteiger charge is -2.37. The monoisotopic (exact) mass is 480 g/mol. The van der Waals surface area contributed by atoms with Crippen LogP contribution in [0, 0.1) is 5.21 Å². The fourth-order valence-electron chi connectivity index (χ4n) is 4.09. The van der Waals surface area contributed by atoms with Crippen molar-refractivity contribution in [3.63, 3.8) is 0 Å². The van der Waals surface area contributed by atoms with Crippen molar-refractivity contribution in [3.8, 4) is 11.5 Å². The van der Waals surface area contributed by atoms with E-state index in [1.165, 1.54) is 24.5 Å². The number of anilines is 1. The van der Waals surface area contributed by atoms with Crippen LogP contribution in [0.5, 0.6) is 11.5 Å². The molecular weight excluding hydrogens is 461 g/mol. The van der Waals surface area contributed by atoms with Crippen LogP contribution in [0.15, 0.2) is 36.7 Å². The molecule has 1 saturated heterocycles. The van der Waals surface area contributed by atoms with Gasteiger partial charge in [-0.3, -0.25) is 9.69 Å². The van der Waals surface area contributed by atoms with Gasteiger partial charge in [0.2, 0.25) is 5.91 Å². The van der Waals surface area contributed by atoms with Crippen molar-refractivity contribution in [2.75, 3.05) is 18.4 Å². The molecule has 2 aliphatic rings. The fraction of sp³-hybridized carbons (Fsp3) is 0.381. The molecule has 0 unspecified atom stereocenters. The van der Waals surface area contributed by atoms with Gasteiger partial charge in [0.1, 0.15) is 6.17 Å². The number of hydrogen-bond donors (Lipinski definition) is 1. The van der Waals surface area contributed by atoms with Gasteiger partial charge in [0.05, 0.1) is 16.3 Å². The van der Waals surface area contributed by atoms with Crippen molar-refractivity contribution in [1.29, 1.82) is 0 Å². The van der Waals surface area contributed by atoms with Crippen molar-refractivity contribution in [3.05, 3.63) is 47.4 Å². The van der Waals surface area contributed by atoms with Gasteiger partial charge in [-0.2, -0.15) is 4.73 Å². The Morgan fingerprint density at radius 3 is 2.76 bits per heavy atom. The first kappa shape index (κ1) is 21.7. The second-order valence-electron chi connectivity index (χ2n) is 8.02. The number of pyridine rings is 1. The zero-order valence-corrected chi connectivity index (χ0v) is 18.2. The molecule has 0 aliphatic carbocycles. The summed E-state index contributed by atoms with van der Waals surface area (Å²) in [6.07, 6.45) is -1.85. The molecule has 5 rings (SSSR count). The number of aromatic nitrogens is 2. The summed E-state index contributed by atoms with van der Waals surface area (Å²) in [5, 5.41) is 14.3. The molecule has 0 saturated carbocycles. The molecule has 3 atom stereocenters. The van der Waals surface area contributed by atoms with Crippen molar-refractivity contribution in [2.45, 2.75) is 37.8 Å². The lowest BCUT2D eigenvalue weighted by Crippen LogP contribution is -2.49. The summed E-state index contributed by atoms with van der Waals surface area (Å²) in [5.41, 5.74) is 1.10. The second kappa shape index (κ2) is 8.03. The number of fused-ring (bicyclic) bond motifs is 2. The second-order valence-corrected chi connectivity index (χ2v) is 9.05. The number of halogens is 3. The standard InChI is InChI=1S/C21H19F3N4O4S/c1-11(27-5-4-14(22)13(10-27)12-2-6-28(30)7-3-12)19(29)26-20-25-15-8-16-17(9-18(15)33-20)32-21(23,24)31-16/h2-3,6-9,11,13-14H,4-5,10H2,1H3,(H,25,26,29)/t11-,13+,14+/m0/s1. The predicted octanol–water partition coefficient (Wildman–Crippen LogP) is 3.41. The van der Waals surface area contributed by atoms with E-state index < -0.39 is 24.4 Å². The van der Waals surface area contributed by atoms with Crippen LogP contribution < -0.4 is 19.5 Å². The number of carbonyl (C=O) groups excluding carboxylic acids is 1. The van der Waals surface area contributed by atoms with Gasteiger partial charge >= 0.3 is 6.29 Å². The van der Waals surface area contributed by atoms with E-state index in [9.17, 15) is 23.2 Å². The van der Waals surface area contributed by atoms with Gasteiger partial charge < -0.3 is 20.0 Å². The molecule has 2 aromatic heterocycles. The van der Waals surface area contributed by atoms with Gasteiger partial charge in [0.15, 0.2) is 29.0 Å². The third-order valence-electron chi connectivity index (χ3n) is 5.88. The minimum Gasteiger partial charge on any atom is -0.619 e. The number of benzene rings is 1. The number of rotatable bonds is 4. The Labute approximate surface area is 190 Å². The number of hydrogen-bond acceptors (Lipinski definition) is 7. The first-order valence-corrected chi connectivity index (χ1v) is 11.1. The number of amides is 1. The van der Waals surface area contributed by atoms with Gasteiger partial charge in [-0.25, -0.2) is 9.37 Å². The maximum absolute atomic E-state index is 14.6. The molecule has 4 heterocycles. The van der Waals surface area contributed by atoms with E-state index in [0.29, 0.717) is 38.7 Å². The predicted molar refractivity (Wildman–Crippen MR) is 113 cm³/mol. The van der Waals surface area contributed by atoms with Crippen LogP contribution in [0.3, 0.4) is 0 Å². The molecule has 1 aromatic carbocycles. The molecule has 12 heteroatoms. The Morgan fingerprint density at radius 1 is 1.33 bits per heavy atom. The zero-order chi connectivity index (χ0) is 23.3. The van der Waals surface area contributed by atoms with Crippen molar-refractivity contribution in [2.24, 2.45) is 0 Å². The molecule has 0 spiro atoms. The number of nitrogens with zero attached hydrogens (tertiary/aromatic N) is 3. The van der Waals surface area contributed by atoms with Gasteiger partial charge in [-0.1, -0.05) is 11.3 Å². The average Bonchev–Trinajstić information content (AvgIpc) is 3.28. The normalized spacial score (nSPS) is 22.9. The highest BCUT2D eigenvalue weighted by Gasteiger charge is 2.43. The number of nitrogens with one attached hydrogen (secondary N) is 1. The maximum atomic E-state index is 14.6. The third-order valence-corrected chi connectivity index (χ3v) is 6.82. The van der Waals surface area contributed by atoms with Crippen molar-refractivity contribution in [1.82, 2.24) is 9.88 Å². The van der Waals surface area contributed by atoms with Crippen molar-refractivity contribution < 1.29 is 32.2 Å². The number of alkyl halides is 3. The first-order chi connectivity index (χ1) is 15.7. The topological polar surface area (TPSA) is 90.6 Å². The summed E-state index contributed by atoms with van der Waals surface area (Å²) in [5.74, 6) is -0.973. The molecular formula is C21H19F3N4O4S. The lowest BCUT2D eigenvalue weighted by atomic mass is 9.89. The lowest BCUT2D eigenvalue weighted by molar-refractivity contribution is -0.605. The molecule has 1 amide bonds. The summed E-state index contributed by atoms with van der Waals surface area (Å²) in [7, 11) is 0. The summed E-state index contributed by atoms with van der Waals surface area (Å²) < 4.78 is 51.1. The van der Waals surface area contributed by atoms with E-state index in [-0.39, 0.29) is 23.8 Å². The van der Waals surface area contributed by atoms with E-state index in [0.717, 1.165) is 11.3 Å². The number of ether oxygens (including phenoxy) is 2. The van der Waals surface area contributed by atoms with Gasteiger partial charge in [-0.15, -0.1) is 8.78 Å². The SMILES string of the molecule is C[C@@H](C(=O)Nc1nc2cc3c(cc2s1)OC(F)(F)O3)N1CC[C@@H](F)[C@@H](c2cc[n+]([O-])cc2)C1. The highest BCUT2D eigenvalue weighted by atomic mass is 32.1. The van der Waals surface area contributed by atoms with Crippen LogP contribution in [0.4, 0.5) is 18.3 Å². The summed E-state index contributed by atoms with van der Waals surface area (Å²) >= 11 is 1.12. The molecule has 0 bridgehead atoms. The number of piperidine rings is 1. The van der Waals surface area contributed by atoms with E-state index in [2.05, 4.69) is 19.8 Å². The molecule has 33 heavy (non-hydrogen) atoms. The molecule has 1 N–H and O–H groups in total. The molecule has 2 aliphatic heterocycles. The van der Waals surface area contributed by atoms with Crippen LogP contribution in [-0.2, 0) is 4.79 Å². The Bertz CT molecular complexity index is 1160. The molecule has 174 valence electrons. The molecule has 0 radical (unpaired) electrons. The zero-order valence-electron chi connectivity index (χ0n) is 17.3. The Hall–Kier alpha value is -3.12. The van der Waals surface area contributed by atoms with Gasteiger partial charge in [-0.05, 0) is 18.9 Å². The average molecular weight is 480 g/mol. The van der Waals surface area contributed by atoms with Crippen LogP contribution in [0.25, 0.3) is 10.2 Å². The first-order valence-electron chi connectivity index (χ1n) is 10.3. The van der Waals surface area contributed by atoms with E-state index >= 15 is 0 Å². The molecule has 3 aromatic rings. The smallest absolute Gasteiger partial charge is 0.586 e. The Balaban J connectivity index is 1.28. The minimum absolute atomic E-state index is 0.0917. The van der Waals surface area contributed by atoms with Gasteiger partial charge in [0.25, 0.3) is 0 Å². The quantitative estimate of drug-likeness (QED) is 0.455. The van der Waals surface area contributed by atoms with Gasteiger partial charge in [0, 0.05) is 43.3 Å². The molecule has 1 fully saturated rings. The van der Waals surface area contributed by atoms with Crippen LogP contribution in [-0.4, -0.2) is 47.4 Å². The van der Waals surface area contributed by atoms with Crippen molar-refractivity contribution >= 4 is 32.6 Å². The highest BCUT2D eigenvalue weighted by molar-refractivity contribution is 7.22.